The number of hydrogen-bond donors (Lipinski definition) is 1. The van der Waals surface area contributed by atoms with Gasteiger partial charge in [-0.1, -0.05) is 17.8 Å². The summed E-state index contributed by atoms with van der Waals surface area (Å²) < 4.78 is 12.9. The van der Waals surface area contributed by atoms with Gasteiger partial charge < -0.3 is 19.4 Å². The van der Waals surface area contributed by atoms with E-state index in [2.05, 4.69) is 31.5 Å². The second kappa shape index (κ2) is 8.35. The number of Topliss-reactive ketones (excluding diaryl/α,β-unsaturated/α-hetero) is 1. The van der Waals surface area contributed by atoms with Crippen LogP contribution in [0, 0.1) is 0 Å². The highest BCUT2D eigenvalue weighted by Gasteiger charge is 2.30. The number of carbonyl (C=O) groups excluding carboxylic acids is 2. The van der Waals surface area contributed by atoms with Gasteiger partial charge in [0.25, 0.3) is 0 Å². The topological polar surface area (TPSA) is 95.3 Å². The summed E-state index contributed by atoms with van der Waals surface area (Å²) in [7, 11) is 0. The molecule has 3 heterocycles. The van der Waals surface area contributed by atoms with Crippen LogP contribution in [0.3, 0.4) is 0 Å². The Morgan fingerprint density at radius 2 is 2.06 bits per heavy atom. The van der Waals surface area contributed by atoms with Crippen molar-refractivity contribution in [1.82, 2.24) is 14.8 Å². The summed E-state index contributed by atoms with van der Waals surface area (Å²) in [5.41, 5.74) is 0.811. The molecule has 2 aliphatic rings. The molecule has 31 heavy (non-hydrogen) atoms. The lowest BCUT2D eigenvalue weighted by molar-refractivity contribution is -0.113. The fourth-order valence-electron chi connectivity index (χ4n) is 3.45. The van der Waals surface area contributed by atoms with Gasteiger partial charge in [-0.25, -0.2) is 0 Å². The third-order valence-electron chi connectivity index (χ3n) is 5.06. The molecule has 3 aromatic rings. The maximum Gasteiger partial charge on any atom is 0.234 e. The first kappa shape index (κ1) is 20.1. The molecule has 1 aromatic carbocycles. The number of thiophene rings is 1. The molecule has 0 bridgehead atoms. The Morgan fingerprint density at radius 1 is 1.26 bits per heavy atom. The highest BCUT2D eigenvalue weighted by Crippen LogP contribution is 2.40. The van der Waals surface area contributed by atoms with Crippen molar-refractivity contribution in [2.24, 2.45) is 0 Å². The standard InChI is InChI=1S/C21H20N4O4S2/c1-12(26)15-8-17-18(29-11-28-17)9-16(15)22-20(27)10-31-21-24-23-19(25(21)13-4-5-13)7-14-3-2-6-30-14/h2-3,6,8-9,13H,4-5,7,10-11H2,1H3,(H,22,27). The molecule has 0 atom stereocenters. The van der Waals surface area contributed by atoms with Gasteiger partial charge in [0.15, 0.2) is 22.4 Å². The van der Waals surface area contributed by atoms with Crippen LogP contribution in [0.25, 0.3) is 0 Å². The number of fused-ring (bicyclic) bond motifs is 1. The van der Waals surface area contributed by atoms with Crippen molar-refractivity contribution < 1.29 is 19.1 Å². The van der Waals surface area contributed by atoms with Crippen molar-refractivity contribution in [3.8, 4) is 11.5 Å². The molecule has 0 saturated heterocycles. The molecule has 1 aliphatic heterocycles. The monoisotopic (exact) mass is 456 g/mol. The zero-order valence-corrected chi connectivity index (χ0v) is 18.4. The molecular weight excluding hydrogens is 436 g/mol. The number of benzene rings is 1. The normalized spacial score (nSPS) is 14.6. The van der Waals surface area contributed by atoms with Crippen molar-refractivity contribution in [2.45, 2.75) is 37.4 Å². The predicted octanol–water partition coefficient (Wildman–Crippen LogP) is 3.93. The SMILES string of the molecule is CC(=O)c1cc2c(cc1NC(=O)CSc1nnc(Cc3cccs3)n1C1CC1)OCO2. The van der Waals surface area contributed by atoms with Crippen LogP contribution in [0.2, 0.25) is 0 Å². The molecule has 0 spiro atoms. The summed E-state index contributed by atoms with van der Waals surface area (Å²) in [5.74, 6) is 1.73. The van der Waals surface area contributed by atoms with E-state index in [4.69, 9.17) is 9.47 Å². The number of rotatable bonds is 8. The van der Waals surface area contributed by atoms with Crippen molar-refractivity contribution >= 4 is 40.5 Å². The smallest absolute Gasteiger partial charge is 0.234 e. The largest absolute Gasteiger partial charge is 0.454 e. The summed E-state index contributed by atoms with van der Waals surface area (Å²) in [6.45, 7) is 1.56. The number of nitrogens with zero attached hydrogens (tertiary/aromatic N) is 3. The van der Waals surface area contributed by atoms with Gasteiger partial charge in [-0.2, -0.15) is 0 Å². The minimum Gasteiger partial charge on any atom is -0.454 e. The Hall–Kier alpha value is -2.85. The minimum atomic E-state index is -0.225. The molecule has 1 saturated carbocycles. The summed E-state index contributed by atoms with van der Waals surface area (Å²) >= 11 is 3.06. The number of amides is 1. The van der Waals surface area contributed by atoms with E-state index in [9.17, 15) is 9.59 Å². The average Bonchev–Trinajstić information content (AvgIpc) is 3.13. The van der Waals surface area contributed by atoms with Crippen molar-refractivity contribution in [2.75, 3.05) is 17.9 Å². The predicted molar refractivity (Wildman–Crippen MR) is 117 cm³/mol. The van der Waals surface area contributed by atoms with Crippen LogP contribution >= 0.6 is 23.1 Å². The van der Waals surface area contributed by atoms with E-state index in [0.29, 0.717) is 28.8 Å². The zero-order chi connectivity index (χ0) is 21.4. The fraction of sp³-hybridized carbons (Fsp3) is 0.333. The van der Waals surface area contributed by atoms with Gasteiger partial charge in [0.05, 0.1) is 11.4 Å². The second-order valence-corrected chi connectivity index (χ2v) is 9.37. The Morgan fingerprint density at radius 3 is 2.77 bits per heavy atom. The second-order valence-electron chi connectivity index (χ2n) is 7.40. The molecule has 160 valence electrons. The summed E-state index contributed by atoms with van der Waals surface area (Å²) in [6, 6.07) is 7.77. The average molecular weight is 457 g/mol. The minimum absolute atomic E-state index is 0.102. The summed E-state index contributed by atoms with van der Waals surface area (Å²) in [5, 5.41) is 14.4. The number of nitrogens with one attached hydrogen (secondary N) is 1. The number of aromatic nitrogens is 3. The molecule has 1 aliphatic carbocycles. The maximum atomic E-state index is 12.6. The Bertz CT molecular complexity index is 1140. The number of ether oxygens (including phenoxy) is 2. The summed E-state index contributed by atoms with van der Waals surface area (Å²) in [4.78, 5) is 25.9. The zero-order valence-electron chi connectivity index (χ0n) is 16.8. The van der Waals surface area contributed by atoms with Gasteiger partial charge in [0.2, 0.25) is 12.7 Å². The van der Waals surface area contributed by atoms with E-state index in [1.54, 1.807) is 23.5 Å². The number of ketones is 1. The molecule has 2 aromatic heterocycles. The van der Waals surface area contributed by atoms with E-state index < -0.39 is 0 Å². The maximum absolute atomic E-state index is 12.6. The van der Waals surface area contributed by atoms with Crippen LogP contribution in [-0.2, 0) is 11.2 Å². The first-order chi connectivity index (χ1) is 15.1. The molecule has 5 rings (SSSR count). The highest BCUT2D eigenvalue weighted by molar-refractivity contribution is 7.99. The molecule has 0 unspecified atom stereocenters. The molecule has 1 N–H and O–H groups in total. The Balaban J connectivity index is 1.28. The third-order valence-corrected chi connectivity index (χ3v) is 6.88. The van der Waals surface area contributed by atoms with Crippen molar-refractivity contribution in [3.63, 3.8) is 0 Å². The van der Waals surface area contributed by atoms with Gasteiger partial charge in [0.1, 0.15) is 5.82 Å². The Labute approximate surface area is 187 Å². The molecule has 1 amide bonds. The Kier molecular flexibility index (Phi) is 5.41. The number of hydrogen-bond acceptors (Lipinski definition) is 8. The van der Waals surface area contributed by atoms with E-state index in [1.807, 2.05) is 6.07 Å². The van der Waals surface area contributed by atoms with E-state index >= 15 is 0 Å². The van der Waals surface area contributed by atoms with E-state index in [0.717, 1.165) is 30.2 Å². The highest BCUT2D eigenvalue weighted by atomic mass is 32.2. The van der Waals surface area contributed by atoms with Gasteiger partial charge in [0, 0.05) is 29.0 Å². The molecular formula is C21H20N4O4S2. The van der Waals surface area contributed by atoms with Crippen LogP contribution in [0.4, 0.5) is 5.69 Å². The van der Waals surface area contributed by atoms with Gasteiger partial charge in [-0.3, -0.25) is 9.59 Å². The summed E-state index contributed by atoms with van der Waals surface area (Å²) in [6.07, 6.45) is 2.95. The van der Waals surface area contributed by atoms with Crippen LogP contribution in [0.1, 0.15) is 46.9 Å². The van der Waals surface area contributed by atoms with Crippen molar-refractivity contribution in [1.29, 1.82) is 0 Å². The van der Waals surface area contributed by atoms with Gasteiger partial charge in [-0.05, 0) is 37.3 Å². The fourth-order valence-corrected chi connectivity index (χ4v) is 4.97. The quantitative estimate of drug-likeness (QED) is 0.405. The first-order valence-corrected chi connectivity index (χ1v) is 11.8. The van der Waals surface area contributed by atoms with Crippen molar-refractivity contribution in [3.05, 3.63) is 45.9 Å². The lowest BCUT2D eigenvalue weighted by Crippen LogP contribution is -2.16. The molecule has 8 nitrogen and oxygen atoms in total. The number of carbonyl (C=O) groups is 2. The molecule has 1 fully saturated rings. The van der Waals surface area contributed by atoms with E-state index in [1.165, 1.54) is 23.6 Å². The van der Waals surface area contributed by atoms with Crippen LogP contribution in [-0.4, -0.2) is 39.0 Å². The van der Waals surface area contributed by atoms with E-state index in [-0.39, 0.29) is 24.2 Å². The van der Waals surface area contributed by atoms with Gasteiger partial charge >= 0.3 is 0 Å². The molecule has 10 heteroatoms. The number of thioether (sulfide) groups is 1. The van der Waals surface area contributed by atoms with Crippen LogP contribution < -0.4 is 14.8 Å². The third kappa shape index (κ3) is 4.31. The number of anilines is 1. The van der Waals surface area contributed by atoms with Gasteiger partial charge in [-0.15, -0.1) is 21.5 Å². The molecule has 0 radical (unpaired) electrons. The van der Waals surface area contributed by atoms with Crippen LogP contribution in [0.5, 0.6) is 11.5 Å². The lowest BCUT2D eigenvalue weighted by atomic mass is 10.1. The van der Waals surface area contributed by atoms with Crippen LogP contribution in [0.15, 0.2) is 34.8 Å². The lowest BCUT2D eigenvalue weighted by Gasteiger charge is -2.11. The first-order valence-electron chi connectivity index (χ1n) is 9.92.